The van der Waals surface area contributed by atoms with Gasteiger partial charge in [0.05, 0.1) is 35.4 Å². The fraction of sp³-hybridized carbons (Fsp3) is 0.185. The number of ether oxygens (including phenoxy) is 1. The van der Waals surface area contributed by atoms with Crippen molar-refractivity contribution in [3.63, 3.8) is 0 Å². The van der Waals surface area contributed by atoms with Gasteiger partial charge in [0.25, 0.3) is 5.69 Å². The van der Waals surface area contributed by atoms with Gasteiger partial charge in [-0.25, -0.2) is 0 Å². The number of benzene rings is 2. The Morgan fingerprint density at radius 1 is 1.08 bits per heavy atom. The number of non-ortho nitro benzene ring substituents is 1. The number of furan rings is 1. The number of nitro groups is 1. The predicted octanol–water partition coefficient (Wildman–Crippen LogP) is 6.05. The predicted molar refractivity (Wildman–Crippen MR) is 141 cm³/mol. The van der Waals surface area contributed by atoms with Crippen LogP contribution in [-0.4, -0.2) is 22.1 Å². The monoisotopic (exact) mass is 500 g/mol. The molecule has 1 aliphatic rings. The summed E-state index contributed by atoms with van der Waals surface area (Å²) in [6, 6.07) is 19.7. The molecule has 2 aromatic carbocycles. The quantitative estimate of drug-likeness (QED) is 0.194. The molecule has 36 heavy (non-hydrogen) atoms. The molecule has 0 bridgehead atoms. The number of aryl methyl sites for hydroxylation is 2. The minimum Gasteiger partial charge on any atom is -0.496 e. The maximum Gasteiger partial charge on any atom is 0.273 e. The lowest BCUT2D eigenvalue weighted by molar-refractivity contribution is -0.384. The summed E-state index contributed by atoms with van der Waals surface area (Å²) in [7, 11) is 1.48. The van der Waals surface area contributed by atoms with Crippen LogP contribution in [0.4, 0.5) is 11.4 Å². The van der Waals surface area contributed by atoms with Gasteiger partial charge < -0.3 is 19.4 Å². The van der Waals surface area contributed by atoms with Gasteiger partial charge in [0.15, 0.2) is 5.11 Å². The first-order valence-corrected chi connectivity index (χ1v) is 11.8. The van der Waals surface area contributed by atoms with Gasteiger partial charge in [0.1, 0.15) is 23.3 Å². The van der Waals surface area contributed by atoms with E-state index in [9.17, 15) is 10.1 Å². The third kappa shape index (κ3) is 4.18. The van der Waals surface area contributed by atoms with Crippen LogP contribution in [-0.2, 0) is 0 Å². The maximum absolute atomic E-state index is 11.2. The fourth-order valence-electron chi connectivity index (χ4n) is 4.45. The van der Waals surface area contributed by atoms with Gasteiger partial charge in [-0.05, 0) is 79.7 Å². The summed E-state index contributed by atoms with van der Waals surface area (Å²) in [5.74, 6) is 1.57. The summed E-state index contributed by atoms with van der Waals surface area (Å²) in [6.07, 6.45) is 1.76. The molecule has 0 saturated carbocycles. The van der Waals surface area contributed by atoms with E-state index in [1.165, 1.54) is 24.8 Å². The molecule has 0 amide bonds. The van der Waals surface area contributed by atoms with Crippen LogP contribution in [0.3, 0.4) is 0 Å². The first-order valence-electron chi connectivity index (χ1n) is 11.4. The Labute approximate surface area is 213 Å². The van der Waals surface area contributed by atoms with E-state index in [-0.39, 0.29) is 17.8 Å². The number of hydrogen-bond donors (Lipinski definition) is 1. The van der Waals surface area contributed by atoms with Crippen LogP contribution in [0, 0.1) is 24.0 Å². The van der Waals surface area contributed by atoms with Crippen molar-refractivity contribution in [2.24, 2.45) is 0 Å². The molecule has 4 aromatic rings. The van der Waals surface area contributed by atoms with Crippen molar-refractivity contribution in [2.75, 3.05) is 12.0 Å². The van der Waals surface area contributed by atoms with Crippen LogP contribution < -0.4 is 15.0 Å². The van der Waals surface area contributed by atoms with Crippen molar-refractivity contribution in [1.29, 1.82) is 0 Å². The zero-order valence-electron chi connectivity index (χ0n) is 20.0. The normalized spacial score (nSPS) is 17.2. The summed E-state index contributed by atoms with van der Waals surface area (Å²) in [6.45, 7) is 4.15. The zero-order chi connectivity index (χ0) is 25.4. The maximum atomic E-state index is 11.2. The third-order valence-electron chi connectivity index (χ3n) is 6.45. The van der Waals surface area contributed by atoms with E-state index in [0.717, 1.165) is 16.9 Å². The first-order chi connectivity index (χ1) is 17.4. The number of nitro benzene ring substituents is 1. The van der Waals surface area contributed by atoms with E-state index in [1.54, 1.807) is 12.3 Å². The molecule has 2 atom stereocenters. The minimum absolute atomic E-state index is 0.0520. The summed E-state index contributed by atoms with van der Waals surface area (Å²) >= 11 is 5.79. The molecular weight excluding hydrogens is 476 g/mol. The highest BCUT2D eigenvalue weighted by molar-refractivity contribution is 7.80. The number of nitrogens with one attached hydrogen (secondary N) is 1. The number of anilines is 1. The lowest BCUT2D eigenvalue weighted by Gasteiger charge is -2.26. The van der Waals surface area contributed by atoms with Gasteiger partial charge in [-0.3, -0.25) is 15.1 Å². The van der Waals surface area contributed by atoms with Crippen LogP contribution in [0.25, 0.3) is 11.3 Å². The molecule has 8 nitrogen and oxygen atoms in total. The minimum atomic E-state index is -0.454. The second kappa shape index (κ2) is 9.43. The summed E-state index contributed by atoms with van der Waals surface area (Å²) < 4.78 is 11.8. The molecule has 2 aromatic heterocycles. The van der Waals surface area contributed by atoms with Crippen molar-refractivity contribution >= 4 is 28.7 Å². The fourth-order valence-corrected chi connectivity index (χ4v) is 4.80. The summed E-state index contributed by atoms with van der Waals surface area (Å²) in [5, 5.41) is 15.2. The number of nitrogens with zero attached hydrogens (tertiary/aromatic N) is 3. The average Bonchev–Trinajstić information content (AvgIpc) is 3.50. The van der Waals surface area contributed by atoms with Crippen LogP contribution in [0.1, 0.15) is 34.7 Å². The number of methoxy groups -OCH3 is 1. The standard InChI is InChI=1S/C27H24N4O4S/c1-16-7-8-18(14-17(16)2)30-26(25(29-27(30)36)21-6-4-5-13-28-21)23-12-11-22(35-23)20-10-9-19(31(32)33)15-24(20)34-3/h4-15,25-26H,1-3H3,(H,29,36)/t25-,26-/m0/s1. The largest absolute Gasteiger partial charge is 0.496 e. The van der Waals surface area contributed by atoms with Gasteiger partial charge in [0.2, 0.25) is 0 Å². The molecule has 1 saturated heterocycles. The molecule has 1 N–H and O–H groups in total. The lowest BCUT2D eigenvalue weighted by Crippen LogP contribution is -2.29. The molecule has 0 radical (unpaired) electrons. The van der Waals surface area contributed by atoms with Crippen molar-refractivity contribution in [2.45, 2.75) is 25.9 Å². The summed E-state index contributed by atoms with van der Waals surface area (Å²) in [5.41, 5.74) is 4.71. The van der Waals surface area contributed by atoms with Crippen molar-refractivity contribution in [1.82, 2.24) is 10.3 Å². The highest BCUT2D eigenvalue weighted by Crippen LogP contribution is 2.44. The Bertz CT molecular complexity index is 1450. The highest BCUT2D eigenvalue weighted by atomic mass is 32.1. The number of pyridine rings is 1. The Kier molecular flexibility index (Phi) is 6.15. The Balaban J connectivity index is 1.60. The van der Waals surface area contributed by atoms with Gasteiger partial charge in [-0.15, -0.1) is 0 Å². The van der Waals surface area contributed by atoms with Crippen LogP contribution >= 0.6 is 12.2 Å². The van der Waals surface area contributed by atoms with Gasteiger partial charge in [-0.2, -0.15) is 0 Å². The van der Waals surface area contributed by atoms with Gasteiger partial charge in [-0.1, -0.05) is 12.1 Å². The second-order valence-corrected chi connectivity index (χ2v) is 9.00. The third-order valence-corrected chi connectivity index (χ3v) is 6.76. The Morgan fingerprint density at radius 3 is 2.61 bits per heavy atom. The molecule has 1 aliphatic heterocycles. The van der Waals surface area contributed by atoms with E-state index in [4.69, 9.17) is 21.4 Å². The molecule has 0 aliphatic carbocycles. The van der Waals surface area contributed by atoms with Crippen LogP contribution in [0.15, 0.2) is 77.3 Å². The zero-order valence-corrected chi connectivity index (χ0v) is 20.8. The topological polar surface area (TPSA) is 93.7 Å². The van der Waals surface area contributed by atoms with Gasteiger partial charge in [0, 0.05) is 18.0 Å². The van der Waals surface area contributed by atoms with E-state index in [0.29, 0.717) is 27.9 Å². The Morgan fingerprint density at radius 2 is 1.92 bits per heavy atom. The van der Waals surface area contributed by atoms with Crippen LogP contribution in [0.2, 0.25) is 0 Å². The lowest BCUT2D eigenvalue weighted by atomic mass is 10.0. The molecule has 182 valence electrons. The molecule has 0 unspecified atom stereocenters. The van der Waals surface area contributed by atoms with Crippen molar-refractivity contribution < 1.29 is 14.1 Å². The molecule has 9 heteroatoms. The molecule has 3 heterocycles. The second-order valence-electron chi connectivity index (χ2n) is 8.61. The van der Waals surface area contributed by atoms with Crippen LogP contribution in [0.5, 0.6) is 5.75 Å². The van der Waals surface area contributed by atoms with Crippen molar-refractivity contribution in [3.8, 4) is 17.1 Å². The number of hydrogen-bond acceptors (Lipinski definition) is 6. The number of thiocarbonyl (C=S) groups is 1. The molecule has 5 rings (SSSR count). The van der Waals surface area contributed by atoms with E-state index >= 15 is 0 Å². The number of aromatic nitrogens is 1. The van der Waals surface area contributed by atoms with E-state index in [2.05, 4.69) is 41.2 Å². The smallest absolute Gasteiger partial charge is 0.273 e. The Hall–Kier alpha value is -4.24. The average molecular weight is 501 g/mol. The molecular formula is C27H24N4O4S. The molecule has 0 spiro atoms. The van der Waals surface area contributed by atoms with E-state index < -0.39 is 4.92 Å². The molecule has 1 fully saturated rings. The van der Waals surface area contributed by atoms with E-state index in [1.807, 2.05) is 36.4 Å². The first kappa shape index (κ1) is 23.5. The summed E-state index contributed by atoms with van der Waals surface area (Å²) in [4.78, 5) is 17.4. The number of rotatable bonds is 6. The highest BCUT2D eigenvalue weighted by Gasteiger charge is 2.42. The van der Waals surface area contributed by atoms with Crippen molar-refractivity contribution in [3.05, 3.63) is 106 Å². The SMILES string of the molecule is COc1cc([N+](=O)[O-])ccc1-c1ccc([C@H]2[C@H](c3ccccn3)NC(=S)N2c2ccc(C)c(C)c2)o1. The van der Waals surface area contributed by atoms with Gasteiger partial charge >= 0.3 is 0 Å².